The molecule has 0 bridgehead atoms. The summed E-state index contributed by atoms with van der Waals surface area (Å²) >= 11 is 1.88. The van der Waals surface area contributed by atoms with Crippen molar-refractivity contribution in [1.82, 2.24) is 5.32 Å². The molecular weight excluding hydrogens is 282 g/mol. The minimum Gasteiger partial charge on any atom is -0.497 e. The average Bonchev–Trinajstić information content (AvgIpc) is 3.01. The maximum absolute atomic E-state index is 5.43. The third-order valence-electron chi connectivity index (χ3n) is 3.55. The van der Waals surface area contributed by atoms with E-state index in [1.54, 1.807) is 14.2 Å². The van der Waals surface area contributed by atoms with Crippen LogP contribution in [0.1, 0.15) is 35.2 Å². The molecule has 0 aliphatic heterocycles. The molecule has 1 aromatic carbocycles. The summed E-state index contributed by atoms with van der Waals surface area (Å²) in [7, 11) is 3.35. The highest BCUT2D eigenvalue weighted by Crippen LogP contribution is 2.27. The molecule has 2 rings (SSSR count). The fraction of sp³-hybridized carbons (Fsp3) is 0.412. The monoisotopic (exact) mass is 305 g/mol. The van der Waals surface area contributed by atoms with Crippen LogP contribution < -0.4 is 14.8 Å². The molecule has 0 aliphatic rings. The topological polar surface area (TPSA) is 30.5 Å². The number of hydrogen-bond donors (Lipinski definition) is 1. The Morgan fingerprint density at radius 3 is 2.57 bits per heavy atom. The second-order valence-corrected chi connectivity index (χ2v) is 6.14. The van der Waals surface area contributed by atoms with Gasteiger partial charge in [0, 0.05) is 34.0 Å². The van der Waals surface area contributed by atoms with Gasteiger partial charge in [0.15, 0.2) is 0 Å². The molecule has 0 saturated carbocycles. The lowest BCUT2D eigenvalue weighted by molar-refractivity contribution is 0.389. The van der Waals surface area contributed by atoms with E-state index >= 15 is 0 Å². The van der Waals surface area contributed by atoms with Crippen LogP contribution in [0, 0.1) is 0 Å². The van der Waals surface area contributed by atoms with E-state index in [0.29, 0.717) is 6.04 Å². The average molecular weight is 305 g/mol. The van der Waals surface area contributed by atoms with Crippen molar-refractivity contribution < 1.29 is 9.47 Å². The maximum Gasteiger partial charge on any atom is 0.127 e. The molecule has 1 unspecified atom stereocenters. The van der Waals surface area contributed by atoms with Crippen LogP contribution in [-0.4, -0.2) is 14.2 Å². The third kappa shape index (κ3) is 3.99. The smallest absolute Gasteiger partial charge is 0.127 e. The zero-order valence-electron chi connectivity index (χ0n) is 13.1. The molecule has 1 heterocycles. The number of ether oxygens (including phenoxy) is 2. The van der Waals surface area contributed by atoms with E-state index in [-0.39, 0.29) is 0 Å². The van der Waals surface area contributed by atoms with Gasteiger partial charge in [-0.3, -0.25) is 0 Å². The largest absolute Gasteiger partial charge is 0.497 e. The van der Waals surface area contributed by atoms with Gasteiger partial charge < -0.3 is 14.8 Å². The van der Waals surface area contributed by atoms with Gasteiger partial charge in [0.2, 0.25) is 0 Å². The fourth-order valence-corrected chi connectivity index (χ4v) is 3.16. The Hall–Kier alpha value is -1.52. The van der Waals surface area contributed by atoms with Crippen molar-refractivity contribution in [3.05, 3.63) is 45.6 Å². The first-order valence-electron chi connectivity index (χ1n) is 7.20. The zero-order chi connectivity index (χ0) is 15.2. The van der Waals surface area contributed by atoms with Crippen LogP contribution in [0.15, 0.2) is 30.3 Å². The highest BCUT2D eigenvalue weighted by atomic mass is 32.1. The van der Waals surface area contributed by atoms with Gasteiger partial charge in [0.1, 0.15) is 11.5 Å². The van der Waals surface area contributed by atoms with Gasteiger partial charge in [0.25, 0.3) is 0 Å². The summed E-state index contributed by atoms with van der Waals surface area (Å²) in [4.78, 5) is 2.81. The molecule has 0 aliphatic carbocycles. The van der Waals surface area contributed by atoms with Gasteiger partial charge in [-0.15, -0.1) is 11.3 Å². The summed E-state index contributed by atoms with van der Waals surface area (Å²) in [6, 6.07) is 10.7. The molecule has 1 atom stereocenters. The Labute approximate surface area is 130 Å². The first-order chi connectivity index (χ1) is 10.2. The second kappa shape index (κ2) is 7.48. The van der Waals surface area contributed by atoms with E-state index in [0.717, 1.165) is 30.0 Å². The van der Waals surface area contributed by atoms with Gasteiger partial charge >= 0.3 is 0 Å². The van der Waals surface area contributed by atoms with Crippen molar-refractivity contribution in [3.63, 3.8) is 0 Å². The van der Waals surface area contributed by atoms with Crippen molar-refractivity contribution in [2.75, 3.05) is 14.2 Å². The Morgan fingerprint density at radius 2 is 1.95 bits per heavy atom. The molecule has 21 heavy (non-hydrogen) atoms. The molecule has 1 N–H and O–H groups in total. The van der Waals surface area contributed by atoms with E-state index in [4.69, 9.17) is 9.47 Å². The van der Waals surface area contributed by atoms with Crippen LogP contribution in [0.4, 0.5) is 0 Å². The van der Waals surface area contributed by atoms with Crippen molar-refractivity contribution in [2.24, 2.45) is 0 Å². The minimum atomic E-state index is 0.335. The molecule has 114 valence electrons. The van der Waals surface area contributed by atoms with Crippen LogP contribution in [0.25, 0.3) is 0 Å². The van der Waals surface area contributed by atoms with Crippen LogP contribution in [0.3, 0.4) is 0 Å². The lowest BCUT2D eigenvalue weighted by atomic mass is 10.1. The highest BCUT2D eigenvalue weighted by Gasteiger charge is 2.10. The van der Waals surface area contributed by atoms with Crippen molar-refractivity contribution in [1.29, 1.82) is 0 Å². The quantitative estimate of drug-likeness (QED) is 0.832. The van der Waals surface area contributed by atoms with Crippen LogP contribution in [0.2, 0.25) is 0 Å². The van der Waals surface area contributed by atoms with E-state index < -0.39 is 0 Å². The summed E-state index contributed by atoms with van der Waals surface area (Å²) in [6.07, 6.45) is 1.10. The molecule has 0 spiro atoms. The minimum absolute atomic E-state index is 0.335. The number of nitrogens with one attached hydrogen (secondary N) is 1. The summed E-state index contributed by atoms with van der Waals surface area (Å²) in [5.41, 5.74) is 1.14. The van der Waals surface area contributed by atoms with Gasteiger partial charge in [-0.25, -0.2) is 0 Å². The normalized spacial score (nSPS) is 12.2. The summed E-state index contributed by atoms with van der Waals surface area (Å²) < 4.78 is 10.7. The molecule has 1 aromatic heterocycles. The Morgan fingerprint density at radius 1 is 1.14 bits per heavy atom. The summed E-state index contributed by atoms with van der Waals surface area (Å²) in [6.45, 7) is 5.16. The third-order valence-corrected chi connectivity index (χ3v) is 4.96. The lowest BCUT2D eigenvalue weighted by Crippen LogP contribution is -2.17. The molecule has 0 amide bonds. The second-order valence-electron chi connectivity index (χ2n) is 4.94. The zero-order valence-corrected chi connectivity index (χ0v) is 13.9. The van der Waals surface area contributed by atoms with Gasteiger partial charge in [-0.1, -0.05) is 13.0 Å². The number of benzene rings is 1. The highest BCUT2D eigenvalue weighted by molar-refractivity contribution is 7.12. The maximum atomic E-state index is 5.43. The molecule has 3 nitrogen and oxygen atoms in total. The van der Waals surface area contributed by atoms with E-state index in [1.165, 1.54) is 9.75 Å². The summed E-state index contributed by atoms with van der Waals surface area (Å²) in [5, 5.41) is 3.55. The van der Waals surface area contributed by atoms with Crippen LogP contribution in [-0.2, 0) is 13.0 Å². The molecule has 0 saturated heterocycles. The van der Waals surface area contributed by atoms with E-state index in [2.05, 4.69) is 31.3 Å². The van der Waals surface area contributed by atoms with E-state index in [1.807, 2.05) is 29.5 Å². The predicted molar refractivity (Wildman–Crippen MR) is 88.5 cm³/mol. The SMILES string of the molecule is CCc1ccc(C(C)NCc2ccc(OC)cc2OC)s1. The Kier molecular flexibility index (Phi) is 5.65. The standard InChI is InChI=1S/C17H23NO2S/c1-5-15-8-9-17(21-15)12(2)18-11-13-6-7-14(19-3)10-16(13)20-4/h6-10,12,18H,5,11H2,1-4H3. The lowest BCUT2D eigenvalue weighted by Gasteiger charge is -2.15. The Bertz CT molecular complexity index is 580. The Balaban J connectivity index is 2.01. The van der Waals surface area contributed by atoms with Crippen molar-refractivity contribution in [3.8, 4) is 11.5 Å². The number of thiophene rings is 1. The molecular formula is C17H23NO2S. The van der Waals surface area contributed by atoms with Crippen molar-refractivity contribution in [2.45, 2.75) is 32.9 Å². The number of rotatable bonds is 7. The molecule has 4 heteroatoms. The molecule has 2 aromatic rings. The first-order valence-corrected chi connectivity index (χ1v) is 8.02. The predicted octanol–water partition coefficient (Wildman–Crippen LogP) is 4.18. The first kappa shape index (κ1) is 15.9. The fourth-order valence-electron chi connectivity index (χ4n) is 2.18. The van der Waals surface area contributed by atoms with Crippen molar-refractivity contribution >= 4 is 11.3 Å². The summed E-state index contributed by atoms with van der Waals surface area (Å²) in [5.74, 6) is 1.67. The number of hydrogen-bond acceptors (Lipinski definition) is 4. The molecule has 0 radical (unpaired) electrons. The molecule has 0 fully saturated rings. The van der Waals surface area contributed by atoms with E-state index in [9.17, 15) is 0 Å². The van der Waals surface area contributed by atoms with Gasteiger partial charge in [-0.2, -0.15) is 0 Å². The van der Waals surface area contributed by atoms with Gasteiger partial charge in [-0.05, 0) is 31.5 Å². The van der Waals surface area contributed by atoms with Gasteiger partial charge in [0.05, 0.1) is 14.2 Å². The number of methoxy groups -OCH3 is 2. The number of aryl methyl sites for hydroxylation is 1. The van der Waals surface area contributed by atoms with Crippen LogP contribution in [0.5, 0.6) is 11.5 Å². The van der Waals surface area contributed by atoms with Crippen LogP contribution >= 0.6 is 11.3 Å².